The number of amides is 1. The van der Waals surface area contributed by atoms with Crippen molar-refractivity contribution in [3.63, 3.8) is 0 Å². The van der Waals surface area contributed by atoms with E-state index in [1.54, 1.807) is 73.7 Å². The normalized spacial score (nSPS) is 13.3. The van der Waals surface area contributed by atoms with E-state index in [0.29, 0.717) is 68.4 Å². The monoisotopic (exact) mass is 1390 g/mol. The van der Waals surface area contributed by atoms with Crippen LogP contribution in [0.5, 0.6) is 40.2 Å². The molecular weight excluding hydrogens is 1310 g/mol. The second kappa shape index (κ2) is 40.0. The number of carbonyl (C=O) groups is 11. The Morgan fingerprint density at radius 1 is 0.475 bits per heavy atom. The highest BCUT2D eigenvalue weighted by Gasteiger charge is 2.33. The van der Waals surface area contributed by atoms with E-state index in [1.807, 2.05) is 20.8 Å². The molecule has 6 aromatic rings. The van der Waals surface area contributed by atoms with Crippen LogP contribution < -0.4 is 38.5 Å². The SMILES string of the molecule is C=CC(=O)OCCOCC(=O)CCC(=O)Oc1ccc(NC(=O)CCc2ccc(OC(=O)C3CCC(C(=O)Oc4ccc(OCC(C)COc5ccc(OC(=O)c6ccc(C(=O)Oc7ccc(CCOC(=O)C=C)cc7)c(C)c6)c(C(=O)OCCC)c5)cc4C(=O)OCCC)CC3)cc2)cc1. The van der Waals surface area contributed by atoms with Crippen LogP contribution in [0.3, 0.4) is 0 Å². The number of anilines is 1. The summed E-state index contributed by atoms with van der Waals surface area (Å²) in [6.45, 7) is 14.1. The number of hydrogen-bond acceptors (Lipinski definition) is 23. The predicted octanol–water partition coefficient (Wildman–Crippen LogP) is 11.8. The molecular formula is C77H81NO23. The lowest BCUT2D eigenvalue weighted by molar-refractivity contribution is -0.145. The Bertz CT molecular complexity index is 3910. The minimum absolute atomic E-state index is 0.0189. The molecule has 7 rings (SSSR count). The van der Waals surface area contributed by atoms with E-state index in [0.717, 1.165) is 23.3 Å². The van der Waals surface area contributed by atoms with Crippen LogP contribution in [0.25, 0.3) is 0 Å². The number of aryl methyl sites for hydroxylation is 2. The van der Waals surface area contributed by atoms with Crippen molar-refractivity contribution in [1.82, 2.24) is 0 Å². The number of nitrogens with one attached hydrogen (secondary N) is 1. The lowest BCUT2D eigenvalue weighted by atomic mass is 9.82. The smallest absolute Gasteiger partial charge is 0.343 e. The number of hydrogen-bond donors (Lipinski definition) is 1. The molecule has 0 radical (unpaired) electrons. The highest BCUT2D eigenvalue weighted by Crippen LogP contribution is 2.34. The van der Waals surface area contributed by atoms with Crippen molar-refractivity contribution in [2.24, 2.45) is 17.8 Å². The molecule has 532 valence electrons. The molecule has 0 heterocycles. The van der Waals surface area contributed by atoms with Crippen LogP contribution in [-0.4, -0.2) is 118 Å². The molecule has 0 saturated heterocycles. The van der Waals surface area contributed by atoms with Gasteiger partial charge >= 0.3 is 53.7 Å². The number of benzene rings is 6. The molecule has 0 aromatic heterocycles. The molecule has 0 aliphatic heterocycles. The van der Waals surface area contributed by atoms with Gasteiger partial charge in [0.25, 0.3) is 0 Å². The van der Waals surface area contributed by atoms with Crippen LogP contribution in [0.4, 0.5) is 5.69 Å². The first kappa shape index (κ1) is 77.1. The van der Waals surface area contributed by atoms with Crippen LogP contribution in [0.1, 0.15) is 137 Å². The summed E-state index contributed by atoms with van der Waals surface area (Å²) in [4.78, 5) is 140. The molecule has 6 aromatic carbocycles. The van der Waals surface area contributed by atoms with Gasteiger partial charge in [-0.3, -0.25) is 24.0 Å². The number of carbonyl (C=O) groups excluding carboxylic acids is 11. The minimum Gasteiger partial charge on any atom is -0.493 e. The summed E-state index contributed by atoms with van der Waals surface area (Å²) in [5.41, 5.74) is 2.78. The van der Waals surface area contributed by atoms with E-state index < -0.39 is 65.6 Å². The average molecular weight is 1390 g/mol. The molecule has 24 nitrogen and oxygen atoms in total. The molecule has 1 fully saturated rings. The number of rotatable bonds is 38. The van der Waals surface area contributed by atoms with Gasteiger partial charge in [-0.15, -0.1) is 0 Å². The van der Waals surface area contributed by atoms with Crippen molar-refractivity contribution in [3.05, 3.63) is 192 Å². The van der Waals surface area contributed by atoms with Gasteiger partial charge in [-0.1, -0.05) is 58.2 Å². The van der Waals surface area contributed by atoms with Crippen molar-refractivity contribution in [1.29, 1.82) is 0 Å². The third-order valence-corrected chi connectivity index (χ3v) is 15.4. The summed E-state index contributed by atoms with van der Waals surface area (Å²) >= 11 is 0. The second-order valence-corrected chi connectivity index (χ2v) is 23.4. The van der Waals surface area contributed by atoms with E-state index in [4.69, 9.17) is 56.8 Å². The fourth-order valence-corrected chi connectivity index (χ4v) is 9.87. The first-order chi connectivity index (χ1) is 48.7. The van der Waals surface area contributed by atoms with E-state index in [1.165, 1.54) is 60.7 Å². The van der Waals surface area contributed by atoms with Crippen LogP contribution >= 0.6 is 0 Å². The van der Waals surface area contributed by atoms with Gasteiger partial charge in [-0.2, -0.15) is 0 Å². The van der Waals surface area contributed by atoms with Gasteiger partial charge in [0.2, 0.25) is 5.91 Å². The molecule has 1 aliphatic carbocycles. The molecule has 101 heavy (non-hydrogen) atoms. The van der Waals surface area contributed by atoms with Gasteiger partial charge in [0.05, 0.1) is 69.0 Å². The zero-order chi connectivity index (χ0) is 72.6. The quantitative estimate of drug-likeness (QED) is 0.0124. The van der Waals surface area contributed by atoms with Gasteiger partial charge < -0.3 is 62.2 Å². The summed E-state index contributed by atoms with van der Waals surface area (Å²) in [5.74, 6) is -6.36. The average Bonchev–Trinajstić information content (AvgIpc) is 0.827. The van der Waals surface area contributed by atoms with Crippen molar-refractivity contribution < 1.29 is 110 Å². The molecule has 1 amide bonds. The summed E-state index contributed by atoms with van der Waals surface area (Å²) in [5, 5.41) is 2.80. The fraction of sp³-hybridized carbons (Fsp3) is 0.338. The van der Waals surface area contributed by atoms with Gasteiger partial charge in [0.15, 0.2) is 5.78 Å². The molecule has 1 atom stereocenters. The van der Waals surface area contributed by atoms with E-state index in [-0.39, 0.29) is 146 Å². The number of ether oxygens (including phenoxy) is 12. The highest BCUT2D eigenvalue weighted by atomic mass is 16.6. The maximum Gasteiger partial charge on any atom is 0.343 e. The van der Waals surface area contributed by atoms with E-state index in [2.05, 4.69) is 18.5 Å². The van der Waals surface area contributed by atoms with Crippen molar-refractivity contribution >= 4 is 71.1 Å². The first-order valence-corrected chi connectivity index (χ1v) is 33.0. The van der Waals surface area contributed by atoms with Crippen molar-refractivity contribution in [2.45, 2.75) is 98.3 Å². The Hall–Kier alpha value is -11.3. The van der Waals surface area contributed by atoms with E-state index in [9.17, 15) is 52.7 Å². The van der Waals surface area contributed by atoms with Gasteiger partial charge in [-0.05, 0) is 172 Å². The Labute approximate surface area is 584 Å². The van der Waals surface area contributed by atoms with Crippen LogP contribution in [0, 0.1) is 24.7 Å². The van der Waals surface area contributed by atoms with Gasteiger partial charge in [0, 0.05) is 43.0 Å². The molecule has 0 spiro atoms. The van der Waals surface area contributed by atoms with Crippen LogP contribution in [0.15, 0.2) is 153 Å². The highest BCUT2D eigenvalue weighted by molar-refractivity contribution is 5.99. The summed E-state index contributed by atoms with van der Waals surface area (Å²) in [7, 11) is 0. The third kappa shape index (κ3) is 25.5. The summed E-state index contributed by atoms with van der Waals surface area (Å²) in [6, 6.07) is 32.8. The molecule has 1 saturated carbocycles. The maximum atomic E-state index is 13.6. The van der Waals surface area contributed by atoms with Gasteiger partial charge in [0.1, 0.15) is 64.6 Å². The minimum atomic E-state index is -0.810. The van der Waals surface area contributed by atoms with Crippen LogP contribution in [-0.2, 0) is 70.1 Å². The standard InChI is InChI=1S/C77H81NO23/c1-7-38-93-75(87)64-44-61(95-46-49(5)47-96-62-31-34-67(65(45-62)76(88)94-39-8-2)101-74(86)55-20-32-63(50(6)43-55)77(89)99-60-26-13-52(14-27-60)37-40-91-69(81)9-3)30-33-66(64)100-73(85)54-18-16-53(17-19-54)72(84)98-59-24-11-51(12-25-59)15-35-68(80)78-56-21-28-58(29-22-56)97-71(83)36-23-57(79)48-90-41-42-92-70(82)10-4/h9-14,20-22,24-34,43-45,49,53-54H,3-4,7-8,15-19,23,35-42,46-48H2,1-2,5-6H3,(H,78,80). The predicted molar refractivity (Wildman–Crippen MR) is 365 cm³/mol. The Morgan fingerprint density at radius 2 is 0.980 bits per heavy atom. The molecule has 24 heteroatoms. The number of Topliss-reactive ketones (excluding diaryl/α,β-unsaturated/α-hetero) is 1. The summed E-state index contributed by atoms with van der Waals surface area (Å²) in [6.07, 6.45) is 5.24. The van der Waals surface area contributed by atoms with E-state index >= 15 is 0 Å². The molecule has 0 bridgehead atoms. The fourth-order valence-electron chi connectivity index (χ4n) is 9.87. The maximum absolute atomic E-state index is 13.6. The Kier molecular flexibility index (Phi) is 30.5. The van der Waals surface area contributed by atoms with Crippen LogP contribution in [0.2, 0.25) is 0 Å². The van der Waals surface area contributed by atoms with Gasteiger partial charge in [-0.25, -0.2) is 28.8 Å². The number of ketones is 1. The Balaban J connectivity index is 0.830. The Morgan fingerprint density at radius 3 is 1.53 bits per heavy atom. The largest absolute Gasteiger partial charge is 0.493 e. The number of esters is 9. The first-order valence-electron chi connectivity index (χ1n) is 33.0. The molecule has 1 aliphatic rings. The molecule has 1 N–H and O–H groups in total. The van der Waals surface area contributed by atoms with Crippen molar-refractivity contribution in [2.75, 3.05) is 58.2 Å². The lowest BCUT2D eigenvalue weighted by Crippen LogP contribution is -2.30. The zero-order valence-electron chi connectivity index (χ0n) is 56.8. The third-order valence-electron chi connectivity index (χ3n) is 15.4. The lowest BCUT2D eigenvalue weighted by Gasteiger charge is -2.26. The summed E-state index contributed by atoms with van der Waals surface area (Å²) < 4.78 is 66.1. The zero-order valence-corrected chi connectivity index (χ0v) is 56.8. The second-order valence-electron chi connectivity index (χ2n) is 23.4. The topological polar surface area (TPSA) is 311 Å². The molecule has 1 unspecified atom stereocenters. The van der Waals surface area contributed by atoms with Crippen molar-refractivity contribution in [3.8, 4) is 40.2 Å².